The Hall–Kier alpha value is -1.76. The van der Waals surface area contributed by atoms with E-state index in [2.05, 4.69) is 23.0 Å². The van der Waals surface area contributed by atoms with E-state index in [4.69, 9.17) is 21.3 Å². The second-order valence-corrected chi connectivity index (χ2v) is 8.65. The first kappa shape index (κ1) is 19.6. The number of imidazole rings is 1. The molecule has 3 aromatic rings. The number of Topliss-reactive ketones (excluding diaryl/α,β-unsaturated/α-hetero) is 1. The highest BCUT2D eigenvalue weighted by Gasteiger charge is 2.28. The molecule has 1 aromatic carbocycles. The van der Waals surface area contributed by atoms with Gasteiger partial charge >= 0.3 is 0 Å². The van der Waals surface area contributed by atoms with Crippen molar-refractivity contribution in [3.63, 3.8) is 0 Å². The average Bonchev–Trinajstić information content (AvgIpc) is 3.37. The summed E-state index contributed by atoms with van der Waals surface area (Å²) in [5, 5.41) is 1.47. The number of ether oxygens (including phenoxy) is 1. The molecular formula is C21H24ClN3O2S. The summed E-state index contributed by atoms with van der Waals surface area (Å²) in [5.74, 6) is 0.507. The van der Waals surface area contributed by atoms with Crippen LogP contribution in [-0.2, 0) is 11.3 Å². The monoisotopic (exact) mass is 417 g/mol. The molecular weight excluding hydrogens is 394 g/mol. The summed E-state index contributed by atoms with van der Waals surface area (Å²) < 4.78 is 9.66. The van der Waals surface area contributed by atoms with E-state index >= 15 is 0 Å². The minimum absolute atomic E-state index is 0.147. The van der Waals surface area contributed by atoms with Crippen LogP contribution in [-0.4, -0.2) is 39.4 Å². The van der Waals surface area contributed by atoms with E-state index in [1.165, 1.54) is 30.3 Å². The number of carbonyl (C=O) groups is 1. The SMILES string of the molecule is COCCn1c(SCC(=O)c2cc(C)n(C3CC3)c2C)nc2cc(Cl)ccc21. The fraction of sp³-hybridized carbons (Fsp3) is 0.429. The number of hydrogen-bond acceptors (Lipinski definition) is 4. The Morgan fingerprint density at radius 2 is 2.11 bits per heavy atom. The highest BCUT2D eigenvalue weighted by Crippen LogP contribution is 2.38. The Balaban J connectivity index is 1.56. The van der Waals surface area contributed by atoms with Crippen LogP contribution in [0.25, 0.3) is 11.0 Å². The molecule has 0 radical (unpaired) electrons. The summed E-state index contributed by atoms with van der Waals surface area (Å²) in [7, 11) is 1.68. The fourth-order valence-corrected chi connectivity index (χ4v) is 4.84. The van der Waals surface area contributed by atoms with Crippen molar-refractivity contribution in [2.45, 2.75) is 44.4 Å². The number of thioether (sulfide) groups is 1. The van der Waals surface area contributed by atoms with Crippen molar-refractivity contribution in [3.8, 4) is 0 Å². The molecule has 1 fully saturated rings. The molecule has 0 saturated heterocycles. The highest BCUT2D eigenvalue weighted by molar-refractivity contribution is 7.99. The van der Waals surface area contributed by atoms with E-state index in [0.29, 0.717) is 30.0 Å². The summed E-state index contributed by atoms with van der Waals surface area (Å²) in [4.78, 5) is 17.6. The number of fused-ring (bicyclic) bond motifs is 1. The molecule has 2 aromatic heterocycles. The third-order valence-electron chi connectivity index (χ3n) is 5.22. The van der Waals surface area contributed by atoms with Crippen molar-refractivity contribution in [2.75, 3.05) is 19.5 Å². The molecule has 0 amide bonds. The van der Waals surface area contributed by atoms with E-state index in [1.807, 2.05) is 24.3 Å². The Bertz CT molecular complexity index is 1040. The first-order valence-electron chi connectivity index (χ1n) is 9.48. The van der Waals surface area contributed by atoms with Crippen molar-refractivity contribution in [1.29, 1.82) is 0 Å². The lowest BCUT2D eigenvalue weighted by Crippen LogP contribution is -2.09. The number of rotatable bonds is 8. The van der Waals surface area contributed by atoms with Crippen LogP contribution < -0.4 is 0 Å². The maximum Gasteiger partial charge on any atom is 0.175 e. The van der Waals surface area contributed by atoms with E-state index in [1.54, 1.807) is 7.11 Å². The van der Waals surface area contributed by atoms with Gasteiger partial charge in [0.15, 0.2) is 10.9 Å². The molecule has 0 spiro atoms. The molecule has 4 rings (SSSR count). The number of aryl methyl sites for hydroxylation is 1. The van der Waals surface area contributed by atoms with Crippen molar-refractivity contribution in [2.24, 2.45) is 0 Å². The van der Waals surface area contributed by atoms with Crippen LogP contribution in [0, 0.1) is 13.8 Å². The summed E-state index contributed by atoms with van der Waals surface area (Å²) in [6, 6.07) is 8.30. The summed E-state index contributed by atoms with van der Waals surface area (Å²) in [5.41, 5.74) is 4.94. The topological polar surface area (TPSA) is 49.0 Å². The quantitative estimate of drug-likeness (QED) is 0.379. The fourth-order valence-electron chi connectivity index (χ4n) is 3.75. The van der Waals surface area contributed by atoms with Crippen LogP contribution in [0.4, 0.5) is 0 Å². The maximum atomic E-state index is 12.9. The Morgan fingerprint density at radius 3 is 2.82 bits per heavy atom. The van der Waals surface area contributed by atoms with Gasteiger partial charge in [-0.3, -0.25) is 4.79 Å². The molecule has 148 valence electrons. The lowest BCUT2D eigenvalue weighted by molar-refractivity contribution is 0.102. The predicted octanol–water partition coefficient (Wildman–Crippen LogP) is 5.06. The van der Waals surface area contributed by atoms with Crippen molar-refractivity contribution in [3.05, 3.63) is 46.2 Å². The van der Waals surface area contributed by atoms with Gasteiger partial charge < -0.3 is 13.9 Å². The van der Waals surface area contributed by atoms with E-state index in [9.17, 15) is 4.79 Å². The normalized spacial score (nSPS) is 14.1. The number of halogens is 1. The largest absolute Gasteiger partial charge is 0.383 e. The minimum Gasteiger partial charge on any atom is -0.383 e. The van der Waals surface area contributed by atoms with E-state index in [-0.39, 0.29) is 5.78 Å². The lowest BCUT2D eigenvalue weighted by atomic mass is 10.2. The Morgan fingerprint density at radius 1 is 1.32 bits per heavy atom. The molecule has 1 aliphatic carbocycles. The second-order valence-electron chi connectivity index (χ2n) is 7.27. The van der Waals surface area contributed by atoms with Crippen LogP contribution in [0.15, 0.2) is 29.4 Å². The molecule has 0 unspecified atom stereocenters. The predicted molar refractivity (Wildman–Crippen MR) is 114 cm³/mol. The molecule has 0 N–H and O–H groups in total. The summed E-state index contributed by atoms with van der Waals surface area (Å²) >= 11 is 7.59. The number of aromatic nitrogens is 3. The third kappa shape index (κ3) is 3.73. The van der Waals surface area contributed by atoms with Gasteiger partial charge in [0.1, 0.15) is 0 Å². The zero-order valence-electron chi connectivity index (χ0n) is 16.4. The molecule has 1 saturated carbocycles. The van der Waals surface area contributed by atoms with Gasteiger partial charge in [-0.2, -0.15) is 0 Å². The maximum absolute atomic E-state index is 12.9. The van der Waals surface area contributed by atoms with Crippen LogP contribution in [0.1, 0.15) is 40.6 Å². The molecule has 2 heterocycles. The molecule has 0 aliphatic heterocycles. The van der Waals surface area contributed by atoms with E-state index < -0.39 is 0 Å². The molecule has 7 heteroatoms. The minimum atomic E-state index is 0.147. The van der Waals surface area contributed by atoms with Gasteiger partial charge in [0, 0.05) is 41.7 Å². The van der Waals surface area contributed by atoms with Gasteiger partial charge in [-0.15, -0.1) is 0 Å². The van der Waals surface area contributed by atoms with Gasteiger partial charge in [-0.1, -0.05) is 23.4 Å². The van der Waals surface area contributed by atoms with Gasteiger partial charge in [0.05, 0.1) is 23.4 Å². The molecule has 1 aliphatic rings. The number of nitrogens with zero attached hydrogens (tertiary/aromatic N) is 3. The zero-order valence-corrected chi connectivity index (χ0v) is 17.9. The van der Waals surface area contributed by atoms with Crippen molar-refractivity contribution < 1.29 is 9.53 Å². The first-order valence-corrected chi connectivity index (χ1v) is 10.8. The highest BCUT2D eigenvalue weighted by atomic mass is 35.5. The number of benzene rings is 1. The Kier molecular flexibility index (Phi) is 5.54. The molecule has 28 heavy (non-hydrogen) atoms. The lowest BCUT2D eigenvalue weighted by Gasteiger charge is -2.09. The third-order valence-corrected chi connectivity index (χ3v) is 6.43. The summed E-state index contributed by atoms with van der Waals surface area (Å²) in [6.07, 6.45) is 2.43. The molecule has 5 nitrogen and oxygen atoms in total. The van der Waals surface area contributed by atoms with Gasteiger partial charge in [-0.25, -0.2) is 4.98 Å². The molecule has 0 bridgehead atoms. The first-order chi connectivity index (χ1) is 13.5. The smallest absolute Gasteiger partial charge is 0.175 e. The van der Waals surface area contributed by atoms with Gasteiger partial charge in [0.25, 0.3) is 0 Å². The summed E-state index contributed by atoms with van der Waals surface area (Å²) in [6.45, 7) is 5.40. The van der Waals surface area contributed by atoms with Crippen LogP contribution in [0.3, 0.4) is 0 Å². The number of carbonyl (C=O) groups excluding carboxylic acids is 1. The zero-order chi connectivity index (χ0) is 19.8. The standard InChI is InChI=1S/C21H24ClN3O2S/c1-13-10-17(14(2)25(13)16-5-6-16)20(26)12-28-21-23-18-11-15(22)4-7-19(18)24(21)8-9-27-3/h4,7,10-11,16H,5-6,8-9,12H2,1-3H3. The molecule has 0 atom stereocenters. The van der Waals surface area contributed by atoms with Gasteiger partial charge in [0.2, 0.25) is 0 Å². The van der Waals surface area contributed by atoms with Crippen LogP contribution >= 0.6 is 23.4 Å². The number of methoxy groups -OCH3 is 1. The van der Waals surface area contributed by atoms with Gasteiger partial charge in [-0.05, 0) is 51.0 Å². The number of ketones is 1. The van der Waals surface area contributed by atoms with Crippen molar-refractivity contribution >= 4 is 40.2 Å². The van der Waals surface area contributed by atoms with Crippen LogP contribution in [0.5, 0.6) is 0 Å². The van der Waals surface area contributed by atoms with Crippen LogP contribution in [0.2, 0.25) is 5.02 Å². The Labute approximate surface area is 174 Å². The second kappa shape index (κ2) is 7.93. The number of hydrogen-bond donors (Lipinski definition) is 0. The van der Waals surface area contributed by atoms with Crippen molar-refractivity contribution in [1.82, 2.24) is 14.1 Å². The average molecular weight is 418 g/mol. The van der Waals surface area contributed by atoms with E-state index in [0.717, 1.165) is 27.4 Å².